The van der Waals surface area contributed by atoms with Crippen LogP contribution in [0.15, 0.2) is 16.3 Å². The molecule has 1 heterocycles. The van der Waals surface area contributed by atoms with Crippen LogP contribution >= 0.6 is 11.8 Å². The Hall–Kier alpha value is -1.61. The molecule has 0 saturated heterocycles. The van der Waals surface area contributed by atoms with Crippen LogP contribution in [0.1, 0.15) is 12.5 Å². The summed E-state index contributed by atoms with van der Waals surface area (Å²) in [5, 5.41) is 9.37. The van der Waals surface area contributed by atoms with E-state index in [1.165, 1.54) is 24.4 Å². The van der Waals surface area contributed by atoms with E-state index in [0.717, 1.165) is 0 Å². The topological polar surface area (TPSA) is 71.2 Å². The molecule has 78 valence electrons. The lowest BCUT2D eigenvalue weighted by Crippen LogP contribution is -1.91. The highest BCUT2D eigenvalue weighted by Crippen LogP contribution is 2.17. The molecule has 0 aliphatic heterocycles. The largest absolute Gasteiger partial charge is 0.483 e. The summed E-state index contributed by atoms with van der Waals surface area (Å²) in [5.41, 5.74) is 0.337. The van der Waals surface area contributed by atoms with Crippen molar-refractivity contribution in [3.8, 4) is 6.07 Å². The first-order chi connectivity index (χ1) is 7.31. The first kappa shape index (κ1) is 11.5. The molecule has 1 aromatic heterocycles. The van der Waals surface area contributed by atoms with Gasteiger partial charge >= 0.3 is 0 Å². The maximum Gasteiger partial charge on any atom is 0.189 e. The highest BCUT2D eigenvalue weighted by molar-refractivity contribution is 7.98. The highest BCUT2D eigenvalue weighted by Gasteiger charge is 2.04. The number of nitriles is 1. The molecule has 0 aliphatic carbocycles. The predicted molar refractivity (Wildman–Crippen MR) is 58.3 cm³/mol. The zero-order chi connectivity index (χ0) is 11.1. The third-order valence-electron chi connectivity index (χ3n) is 1.47. The van der Waals surface area contributed by atoms with Crippen molar-refractivity contribution in [2.45, 2.75) is 12.1 Å². The van der Waals surface area contributed by atoms with E-state index in [-0.39, 0.29) is 0 Å². The molecule has 6 heteroatoms. The fraction of sp³-hybridized carbons (Fsp3) is 0.333. The van der Waals surface area contributed by atoms with Crippen molar-refractivity contribution in [1.82, 2.24) is 9.97 Å². The number of nitrogens with zero attached hydrogens (tertiary/aromatic N) is 4. The molecule has 0 aliphatic rings. The Bertz CT molecular complexity index is 400. The third-order valence-corrected chi connectivity index (χ3v) is 2.03. The van der Waals surface area contributed by atoms with E-state index in [1.807, 2.05) is 19.2 Å². The molecule has 1 aromatic rings. The summed E-state index contributed by atoms with van der Waals surface area (Å²) in [6.45, 7) is 2.39. The second-order valence-corrected chi connectivity index (χ2v) is 3.17. The number of hydrogen-bond acceptors (Lipinski definition) is 6. The average Bonchev–Trinajstić information content (AvgIpc) is 2.29. The molecule has 0 saturated carbocycles. The number of thioether (sulfide) groups is 1. The number of aromatic nitrogens is 2. The van der Waals surface area contributed by atoms with Gasteiger partial charge in [0.1, 0.15) is 11.6 Å². The number of ether oxygens (including phenoxy) is 1. The fourth-order valence-corrected chi connectivity index (χ4v) is 1.13. The SMILES string of the molecule is CCOC=Nc1nc(SC)ncc1C#N. The smallest absolute Gasteiger partial charge is 0.189 e. The Balaban J connectivity index is 2.97. The van der Waals surface area contributed by atoms with Crippen LogP contribution in [0.3, 0.4) is 0 Å². The van der Waals surface area contributed by atoms with E-state index in [0.29, 0.717) is 23.1 Å². The van der Waals surface area contributed by atoms with Crippen molar-refractivity contribution < 1.29 is 4.74 Å². The molecule has 0 radical (unpaired) electrons. The standard InChI is InChI=1S/C9H10N4OS/c1-3-14-6-12-8-7(4-10)5-11-9(13-8)15-2/h5-6H,3H2,1-2H3. The van der Waals surface area contributed by atoms with Gasteiger partial charge < -0.3 is 4.74 Å². The maximum atomic E-state index is 8.79. The Morgan fingerprint density at radius 2 is 2.53 bits per heavy atom. The lowest BCUT2D eigenvalue weighted by atomic mass is 10.3. The minimum atomic E-state index is 0.337. The second-order valence-electron chi connectivity index (χ2n) is 2.40. The van der Waals surface area contributed by atoms with Crippen LogP contribution in [0.4, 0.5) is 5.82 Å². The van der Waals surface area contributed by atoms with Crippen molar-refractivity contribution in [3.05, 3.63) is 11.8 Å². The maximum absolute atomic E-state index is 8.79. The quantitative estimate of drug-likeness (QED) is 0.336. The first-order valence-corrected chi connectivity index (χ1v) is 5.49. The van der Waals surface area contributed by atoms with Crippen molar-refractivity contribution in [1.29, 1.82) is 5.26 Å². The van der Waals surface area contributed by atoms with E-state index in [1.54, 1.807) is 0 Å². The van der Waals surface area contributed by atoms with Gasteiger partial charge in [0.25, 0.3) is 0 Å². The van der Waals surface area contributed by atoms with Crippen molar-refractivity contribution in [3.63, 3.8) is 0 Å². The third kappa shape index (κ3) is 3.22. The Labute approximate surface area is 92.2 Å². The highest BCUT2D eigenvalue weighted by atomic mass is 32.2. The van der Waals surface area contributed by atoms with E-state index < -0.39 is 0 Å². The summed E-state index contributed by atoms with van der Waals surface area (Å²) in [6.07, 6.45) is 4.60. The van der Waals surface area contributed by atoms with Gasteiger partial charge in [0.05, 0.1) is 12.8 Å². The van der Waals surface area contributed by atoms with Gasteiger partial charge in [-0.25, -0.2) is 9.97 Å². The van der Waals surface area contributed by atoms with E-state index in [2.05, 4.69) is 15.0 Å². The molecule has 0 atom stereocenters. The molecule has 0 fully saturated rings. The van der Waals surface area contributed by atoms with E-state index in [9.17, 15) is 0 Å². The van der Waals surface area contributed by atoms with Crippen LogP contribution in [-0.4, -0.2) is 29.2 Å². The molecule has 0 aromatic carbocycles. The number of hydrogen-bond donors (Lipinski definition) is 0. The van der Waals surface area contributed by atoms with Crippen molar-refractivity contribution >= 4 is 24.0 Å². The molecule has 0 amide bonds. The van der Waals surface area contributed by atoms with Crippen LogP contribution in [-0.2, 0) is 4.74 Å². The van der Waals surface area contributed by atoms with Gasteiger partial charge in [-0.3, -0.25) is 0 Å². The summed E-state index contributed by atoms with van der Waals surface area (Å²) in [4.78, 5) is 12.0. The number of aliphatic imine (C=N–C) groups is 1. The van der Waals surface area contributed by atoms with Gasteiger partial charge in [-0.1, -0.05) is 11.8 Å². The van der Waals surface area contributed by atoms with Crippen LogP contribution in [0.2, 0.25) is 0 Å². The van der Waals surface area contributed by atoms with Crippen LogP contribution in [0.5, 0.6) is 0 Å². The summed E-state index contributed by atoms with van der Waals surface area (Å²) in [7, 11) is 0. The molecule has 5 nitrogen and oxygen atoms in total. The molecular weight excluding hydrogens is 212 g/mol. The fourth-order valence-electron chi connectivity index (χ4n) is 0.795. The van der Waals surface area contributed by atoms with Gasteiger partial charge in [0.2, 0.25) is 0 Å². The summed E-state index contributed by atoms with van der Waals surface area (Å²) in [6, 6.07) is 1.97. The second kappa shape index (κ2) is 5.98. The molecule has 0 bridgehead atoms. The average molecular weight is 222 g/mol. The number of rotatable bonds is 4. The Morgan fingerprint density at radius 3 is 3.13 bits per heavy atom. The lowest BCUT2D eigenvalue weighted by Gasteiger charge is -1.98. The van der Waals surface area contributed by atoms with Crippen LogP contribution < -0.4 is 0 Å². The molecular formula is C9H10N4OS. The van der Waals surface area contributed by atoms with Crippen LogP contribution in [0, 0.1) is 11.3 Å². The molecule has 0 N–H and O–H groups in total. The van der Waals surface area contributed by atoms with Crippen molar-refractivity contribution in [2.75, 3.05) is 12.9 Å². The molecule has 1 rings (SSSR count). The van der Waals surface area contributed by atoms with Gasteiger partial charge in [0.15, 0.2) is 17.4 Å². The van der Waals surface area contributed by atoms with Crippen molar-refractivity contribution in [2.24, 2.45) is 4.99 Å². The normalized spacial score (nSPS) is 10.2. The molecule has 15 heavy (non-hydrogen) atoms. The van der Waals surface area contributed by atoms with Gasteiger partial charge in [-0.05, 0) is 13.2 Å². The monoisotopic (exact) mass is 222 g/mol. The minimum Gasteiger partial charge on any atom is -0.483 e. The van der Waals surface area contributed by atoms with Crippen LogP contribution in [0.25, 0.3) is 0 Å². The predicted octanol–water partition coefficient (Wildman–Crippen LogP) is 1.77. The van der Waals surface area contributed by atoms with Gasteiger partial charge in [-0.2, -0.15) is 10.3 Å². The first-order valence-electron chi connectivity index (χ1n) is 4.27. The minimum absolute atomic E-state index is 0.337. The van der Waals surface area contributed by atoms with Gasteiger partial charge in [0, 0.05) is 0 Å². The summed E-state index contributed by atoms with van der Waals surface area (Å²) < 4.78 is 4.94. The van der Waals surface area contributed by atoms with E-state index in [4.69, 9.17) is 10.00 Å². The Morgan fingerprint density at radius 1 is 1.73 bits per heavy atom. The summed E-state index contributed by atoms with van der Waals surface area (Å²) >= 11 is 1.40. The molecule has 0 spiro atoms. The Kier molecular flexibility index (Phi) is 4.57. The summed E-state index contributed by atoms with van der Waals surface area (Å²) in [5.74, 6) is 0.338. The zero-order valence-corrected chi connectivity index (χ0v) is 9.28. The van der Waals surface area contributed by atoms with E-state index >= 15 is 0 Å². The molecule has 0 unspecified atom stereocenters. The van der Waals surface area contributed by atoms with Gasteiger partial charge in [-0.15, -0.1) is 0 Å². The zero-order valence-electron chi connectivity index (χ0n) is 8.47. The lowest BCUT2D eigenvalue weighted by molar-refractivity contribution is 0.344.